The Bertz CT molecular complexity index is 733. The summed E-state index contributed by atoms with van der Waals surface area (Å²) in [6, 6.07) is 12.7. The van der Waals surface area contributed by atoms with Gasteiger partial charge in [-0.1, -0.05) is 25.1 Å². The average molecular weight is 396 g/mol. The van der Waals surface area contributed by atoms with Crippen molar-refractivity contribution in [2.24, 2.45) is 0 Å². The molecule has 0 aromatic heterocycles. The molecule has 7 heteroatoms. The van der Waals surface area contributed by atoms with E-state index >= 15 is 0 Å². The molecular weight excluding hydrogens is 373 g/mol. The van der Waals surface area contributed by atoms with Crippen molar-refractivity contribution >= 4 is 23.0 Å². The van der Waals surface area contributed by atoms with E-state index < -0.39 is 11.7 Å². The third kappa shape index (κ3) is 7.09. The quantitative estimate of drug-likeness (QED) is 0.462. The highest BCUT2D eigenvalue weighted by Crippen LogP contribution is 2.29. The van der Waals surface area contributed by atoms with Crippen LogP contribution in [0.5, 0.6) is 5.75 Å². The van der Waals surface area contributed by atoms with Crippen LogP contribution in [0.15, 0.2) is 48.5 Å². The highest BCUT2D eigenvalue weighted by Gasteiger charge is 2.29. The Morgan fingerprint density at radius 3 is 2.44 bits per heavy atom. The molecule has 0 atom stereocenters. The van der Waals surface area contributed by atoms with Gasteiger partial charge in [0.25, 0.3) is 0 Å². The summed E-state index contributed by atoms with van der Waals surface area (Å²) in [5, 5.41) is 6.33. The van der Waals surface area contributed by atoms with E-state index in [1.54, 1.807) is 0 Å². The molecule has 2 rings (SSSR count). The lowest BCUT2D eigenvalue weighted by Crippen LogP contribution is -2.29. The molecule has 2 N–H and O–H groups in total. The largest absolute Gasteiger partial charge is 0.493 e. The Hall–Kier alpha value is -2.28. The van der Waals surface area contributed by atoms with E-state index in [1.165, 1.54) is 12.1 Å². The van der Waals surface area contributed by atoms with Crippen molar-refractivity contribution in [1.82, 2.24) is 5.32 Å². The standard InChI is InChI=1S/C20H23F3N2OS/c1-2-14-26-18-8-4-3-6-15(18)7-5-13-24-19(27)25-17-11-9-16(10-12-17)20(21,22)23/h3-4,6,8-12H,2,5,7,13-14H2,1H3,(H2,24,25,27). The molecule has 0 aliphatic carbocycles. The molecule has 0 aliphatic heterocycles. The Morgan fingerprint density at radius 1 is 1.07 bits per heavy atom. The van der Waals surface area contributed by atoms with Crippen molar-refractivity contribution in [3.05, 3.63) is 59.7 Å². The van der Waals surface area contributed by atoms with Crippen molar-refractivity contribution < 1.29 is 17.9 Å². The summed E-state index contributed by atoms with van der Waals surface area (Å²) in [6.45, 7) is 3.40. The number of ether oxygens (including phenoxy) is 1. The van der Waals surface area contributed by atoms with Crippen molar-refractivity contribution in [3.8, 4) is 5.75 Å². The van der Waals surface area contributed by atoms with E-state index in [4.69, 9.17) is 17.0 Å². The van der Waals surface area contributed by atoms with Gasteiger partial charge < -0.3 is 15.4 Å². The van der Waals surface area contributed by atoms with E-state index in [-0.39, 0.29) is 0 Å². The number of halogens is 3. The lowest BCUT2D eigenvalue weighted by atomic mass is 10.1. The van der Waals surface area contributed by atoms with Crippen LogP contribution in [0.3, 0.4) is 0 Å². The summed E-state index contributed by atoms with van der Waals surface area (Å²) < 4.78 is 43.4. The summed E-state index contributed by atoms with van der Waals surface area (Å²) in [5.41, 5.74) is 0.976. The molecular formula is C20H23F3N2OS. The SMILES string of the molecule is CCCOc1ccccc1CCCNC(=S)Nc1ccc(C(F)(F)F)cc1. The van der Waals surface area contributed by atoms with E-state index in [2.05, 4.69) is 17.6 Å². The summed E-state index contributed by atoms with van der Waals surface area (Å²) in [5.74, 6) is 0.907. The first-order valence-electron chi connectivity index (χ1n) is 8.83. The van der Waals surface area contributed by atoms with Crippen molar-refractivity contribution in [2.75, 3.05) is 18.5 Å². The number of benzene rings is 2. The van der Waals surface area contributed by atoms with Gasteiger partial charge in [-0.05, 0) is 67.4 Å². The lowest BCUT2D eigenvalue weighted by Gasteiger charge is -2.13. The fourth-order valence-corrected chi connectivity index (χ4v) is 2.68. The number of hydrogen-bond acceptors (Lipinski definition) is 2. The van der Waals surface area contributed by atoms with E-state index in [0.717, 1.165) is 42.7 Å². The molecule has 0 fully saturated rings. The van der Waals surface area contributed by atoms with Crippen LogP contribution < -0.4 is 15.4 Å². The van der Waals surface area contributed by atoms with Crippen LogP contribution in [0, 0.1) is 0 Å². The third-order valence-corrected chi connectivity index (χ3v) is 4.06. The molecule has 3 nitrogen and oxygen atoms in total. The van der Waals surface area contributed by atoms with E-state index in [9.17, 15) is 13.2 Å². The zero-order valence-electron chi connectivity index (χ0n) is 15.1. The molecule has 0 unspecified atom stereocenters. The fourth-order valence-electron chi connectivity index (χ4n) is 2.46. The van der Waals surface area contributed by atoms with Gasteiger partial charge in [-0.25, -0.2) is 0 Å². The predicted octanol–water partition coefficient (Wildman–Crippen LogP) is 5.41. The molecule has 2 aromatic carbocycles. The molecule has 0 radical (unpaired) electrons. The van der Waals surface area contributed by atoms with Gasteiger partial charge in [-0.15, -0.1) is 0 Å². The molecule has 0 bridgehead atoms. The van der Waals surface area contributed by atoms with Gasteiger partial charge in [-0.3, -0.25) is 0 Å². The maximum atomic E-state index is 12.6. The normalized spacial score (nSPS) is 11.1. The number of aryl methyl sites for hydroxylation is 1. The lowest BCUT2D eigenvalue weighted by molar-refractivity contribution is -0.137. The topological polar surface area (TPSA) is 33.3 Å². The predicted molar refractivity (Wildman–Crippen MR) is 106 cm³/mol. The molecule has 0 saturated heterocycles. The second kappa shape index (κ2) is 10.2. The van der Waals surface area contributed by atoms with Crippen molar-refractivity contribution in [2.45, 2.75) is 32.4 Å². The summed E-state index contributed by atoms with van der Waals surface area (Å²) in [4.78, 5) is 0. The van der Waals surface area contributed by atoms with Crippen molar-refractivity contribution in [1.29, 1.82) is 0 Å². The second-order valence-corrected chi connectivity index (χ2v) is 6.42. The van der Waals surface area contributed by atoms with Gasteiger partial charge in [0.15, 0.2) is 5.11 Å². The summed E-state index contributed by atoms with van der Waals surface area (Å²) in [7, 11) is 0. The first-order chi connectivity index (χ1) is 12.9. The zero-order chi connectivity index (χ0) is 19.7. The van der Waals surface area contributed by atoms with Crippen LogP contribution in [-0.2, 0) is 12.6 Å². The smallest absolute Gasteiger partial charge is 0.416 e. The molecule has 0 amide bonds. The highest BCUT2D eigenvalue weighted by atomic mass is 32.1. The second-order valence-electron chi connectivity index (χ2n) is 6.02. The first kappa shape index (κ1) is 21.0. The van der Waals surface area contributed by atoms with Gasteiger partial charge in [-0.2, -0.15) is 13.2 Å². The van der Waals surface area contributed by atoms with Crippen LogP contribution >= 0.6 is 12.2 Å². The Labute approximate surface area is 162 Å². The fraction of sp³-hybridized carbons (Fsp3) is 0.350. The summed E-state index contributed by atoms with van der Waals surface area (Å²) >= 11 is 5.19. The number of rotatable bonds is 8. The van der Waals surface area contributed by atoms with Gasteiger partial charge in [0.05, 0.1) is 12.2 Å². The number of anilines is 1. The monoisotopic (exact) mass is 396 g/mol. The third-order valence-electron chi connectivity index (χ3n) is 3.81. The molecule has 0 spiro atoms. The molecule has 27 heavy (non-hydrogen) atoms. The highest BCUT2D eigenvalue weighted by molar-refractivity contribution is 7.80. The Morgan fingerprint density at radius 2 is 1.78 bits per heavy atom. The van der Waals surface area contributed by atoms with E-state index in [1.807, 2.05) is 24.3 Å². The maximum Gasteiger partial charge on any atom is 0.416 e. The minimum atomic E-state index is -4.34. The van der Waals surface area contributed by atoms with Crippen molar-refractivity contribution in [3.63, 3.8) is 0 Å². The molecule has 2 aromatic rings. The van der Waals surface area contributed by atoms with E-state index in [0.29, 0.717) is 24.0 Å². The minimum Gasteiger partial charge on any atom is -0.493 e. The molecule has 0 heterocycles. The number of thiocarbonyl (C=S) groups is 1. The van der Waals surface area contributed by atoms with Crippen LogP contribution in [0.2, 0.25) is 0 Å². The van der Waals surface area contributed by atoms with Gasteiger partial charge in [0.2, 0.25) is 0 Å². The molecule has 0 saturated carbocycles. The van der Waals surface area contributed by atoms with Crippen LogP contribution in [0.25, 0.3) is 0 Å². The van der Waals surface area contributed by atoms with Gasteiger partial charge in [0.1, 0.15) is 5.75 Å². The van der Waals surface area contributed by atoms with Gasteiger partial charge in [0, 0.05) is 12.2 Å². The van der Waals surface area contributed by atoms with Crippen LogP contribution in [0.4, 0.5) is 18.9 Å². The number of nitrogens with one attached hydrogen (secondary N) is 2. The zero-order valence-corrected chi connectivity index (χ0v) is 15.9. The maximum absolute atomic E-state index is 12.6. The van der Waals surface area contributed by atoms with Crippen LogP contribution in [-0.4, -0.2) is 18.3 Å². The average Bonchev–Trinajstić information content (AvgIpc) is 2.64. The number of hydrogen-bond donors (Lipinski definition) is 2. The van der Waals surface area contributed by atoms with Gasteiger partial charge >= 0.3 is 6.18 Å². The molecule has 0 aliphatic rings. The Balaban J connectivity index is 1.75. The molecule has 146 valence electrons. The first-order valence-corrected chi connectivity index (χ1v) is 9.24. The minimum absolute atomic E-state index is 0.380. The Kier molecular flexibility index (Phi) is 7.91. The number of alkyl halides is 3. The van der Waals surface area contributed by atoms with Crippen LogP contribution in [0.1, 0.15) is 30.9 Å². The number of para-hydroxylation sites is 1. The summed E-state index contributed by atoms with van der Waals surface area (Å²) in [6.07, 6.45) is -1.69.